The molecule has 1 atom stereocenters. The number of hydrogen-bond donors (Lipinski definition) is 1. The van der Waals surface area contributed by atoms with Gasteiger partial charge in [-0.3, -0.25) is 4.90 Å². The van der Waals surface area contributed by atoms with Crippen LogP contribution in [0.3, 0.4) is 0 Å². The fraction of sp³-hybridized carbons (Fsp3) is 0.647. The number of nitrogens with zero attached hydrogens (tertiary/aromatic N) is 1. The van der Waals surface area contributed by atoms with Crippen molar-refractivity contribution in [3.05, 3.63) is 34.9 Å². The van der Waals surface area contributed by atoms with Crippen LogP contribution >= 0.6 is 11.6 Å². The van der Waals surface area contributed by atoms with E-state index in [4.69, 9.17) is 17.3 Å². The molecule has 0 saturated heterocycles. The quantitative estimate of drug-likeness (QED) is 0.880. The molecule has 20 heavy (non-hydrogen) atoms. The molecule has 1 aromatic carbocycles. The Morgan fingerprint density at radius 1 is 1.20 bits per heavy atom. The number of hydrogen-bond acceptors (Lipinski definition) is 2. The largest absolute Gasteiger partial charge is 0.330 e. The lowest BCUT2D eigenvalue weighted by Gasteiger charge is -2.41. The number of halogens is 1. The molecule has 1 saturated carbocycles. The first kappa shape index (κ1) is 15.8. The van der Waals surface area contributed by atoms with Crippen LogP contribution in [-0.2, 0) is 0 Å². The van der Waals surface area contributed by atoms with Crippen molar-refractivity contribution < 1.29 is 0 Å². The third kappa shape index (κ3) is 3.75. The van der Waals surface area contributed by atoms with Crippen molar-refractivity contribution >= 4 is 11.6 Å². The van der Waals surface area contributed by atoms with E-state index in [1.165, 1.54) is 37.7 Å². The van der Waals surface area contributed by atoms with Gasteiger partial charge in [0.25, 0.3) is 0 Å². The molecule has 1 aliphatic rings. The summed E-state index contributed by atoms with van der Waals surface area (Å²) < 4.78 is 0. The maximum absolute atomic E-state index is 6.10. The second-order valence-electron chi connectivity index (χ2n) is 6.41. The van der Waals surface area contributed by atoms with Crippen LogP contribution < -0.4 is 5.73 Å². The molecule has 0 radical (unpaired) electrons. The van der Waals surface area contributed by atoms with E-state index in [9.17, 15) is 0 Å². The zero-order valence-electron chi connectivity index (χ0n) is 12.7. The lowest BCUT2D eigenvalue weighted by molar-refractivity contribution is 0.106. The molecule has 0 aliphatic heterocycles. The van der Waals surface area contributed by atoms with Crippen LogP contribution in [0, 0.1) is 5.41 Å². The van der Waals surface area contributed by atoms with Crippen LogP contribution in [0.4, 0.5) is 0 Å². The standard InChI is InChI=1S/C17H27ClN2/c1-14(15-6-8-16(18)9-7-15)20(2)13-17(12-19)10-4-3-5-11-17/h6-9,14H,3-5,10-13,19H2,1-2H3. The zero-order chi connectivity index (χ0) is 14.6. The van der Waals surface area contributed by atoms with Crippen molar-refractivity contribution in [1.82, 2.24) is 4.90 Å². The van der Waals surface area contributed by atoms with E-state index in [1.807, 2.05) is 12.1 Å². The van der Waals surface area contributed by atoms with Crippen molar-refractivity contribution in [2.45, 2.75) is 45.1 Å². The van der Waals surface area contributed by atoms with Gasteiger partial charge in [0.15, 0.2) is 0 Å². The third-order valence-corrected chi connectivity index (χ3v) is 5.20. The molecule has 0 aromatic heterocycles. The van der Waals surface area contributed by atoms with Gasteiger partial charge in [0.1, 0.15) is 0 Å². The maximum atomic E-state index is 6.10. The van der Waals surface area contributed by atoms with E-state index >= 15 is 0 Å². The van der Waals surface area contributed by atoms with Crippen LogP contribution in [0.5, 0.6) is 0 Å². The van der Waals surface area contributed by atoms with E-state index in [0.29, 0.717) is 11.5 Å². The van der Waals surface area contributed by atoms with Crippen LogP contribution in [0.15, 0.2) is 24.3 Å². The van der Waals surface area contributed by atoms with E-state index in [0.717, 1.165) is 18.1 Å². The van der Waals surface area contributed by atoms with Crippen molar-refractivity contribution in [2.24, 2.45) is 11.1 Å². The molecule has 0 amide bonds. The van der Waals surface area contributed by atoms with Gasteiger partial charge in [-0.2, -0.15) is 0 Å². The Balaban J connectivity index is 2.02. The second kappa shape index (κ2) is 6.93. The van der Waals surface area contributed by atoms with E-state index in [-0.39, 0.29) is 0 Å². The molecule has 1 aromatic rings. The summed E-state index contributed by atoms with van der Waals surface area (Å²) in [6.07, 6.45) is 6.60. The first-order valence-electron chi connectivity index (χ1n) is 7.72. The molecule has 2 N–H and O–H groups in total. The van der Waals surface area contributed by atoms with Crippen molar-refractivity contribution in [1.29, 1.82) is 0 Å². The molecule has 2 rings (SSSR count). The molecule has 0 bridgehead atoms. The van der Waals surface area contributed by atoms with Gasteiger partial charge in [-0.25, -0.2) is 0 Å². The molecular weight excluding hydrogens is 268 g/mol. The minimum atomic E-state index is 0.327. The van der Waals surface area contributed by atoms with E-state index in [1.54, 1.807) is 0 Å². The first-order chi connectivity index (χ1) is 9.56. The lowest BCUT2D eigenvalue weighted by Crippen LogP contribution is -2.43. The van der Waals surface area contributed by atoms with Crippen LogP contribution in [-0.4, -0.2) is 25.0 Å². The maximum Gasteiger partial charge on any atom is 0.0406 e. The SMILES string of the molecule is CC(c1ccc(Cl)cc1)N(C)CC1(CN)CCCCC1. The highest BCUT2D eigenvalue weighted by atomic mass is 35.5. The summed E-state index contributed by atoms with van der Waals surface area (Å²) in [6.45, 7) is 4.16. The summed E-state index contributed by atoms with van der Waals surface area (Å²) in [5, 5.41) is 0.800. The first-order valence-corrected chi connectivity index (χ1v) is 8.10. The Morgan fingerprint density at radius 3 is 2.35 bits per heavy atom. The molecular formula is C17H27ClN2. The molecule has 1 fully saturated rings. The Kier molecular flexibility index (Phi) is 5.48. The van der Waals surface area contributed by atoms with Crippen molar-refractivity contribution in [3.63, 3.8) is 0 Å². The van der Waals surface area contributed by atoms with Gasteiger partial charge in [0, 0.05) is 17.6 Å². The van der Waals surface area contributed by atoms with Crippen molar-refractivity contribution in [3.8, 4) is 0 Å². The summed E-state index contributed by atoms with van der Waals surface area (Å²) >= 11 is 5.97. The second-order valence-corrected chi connectivity index (χ2v) is 6.84. The highest BCUT2D eigenvalue weighted by Gasteiger charge is 2.32. The predicted octanol–water partition coefficient (Wildman–Crippen LogP) is 4.24. The normalized spacial score (nSPS) is 20.1. The highest BCUT2D eigenvalue weighted by molar-refractivity contribution is 6.30. The summed E-state index contributed by atoms with van der Waals surface area (Å²) in [4.78, 5) is 2.45. The van der Waals surface area contributed by atoms with Crippen LogP contribution in [0.25, 0.3) is 0 Å². The van der Waals surface area contributed by atoms with Gasteiger partial charge in [-0.15, -0.1) is 0 Å². The zero-order valence-corrected chi connectivity index (χ0v) is 13.5. The molecule has 1 aliphatic carbocycles. The Bertz CT molecular complexity index is 410. The average molecular weight is 295 g/mol. The number of rotatable bonds is 5. The Morgan fingerprint density at radius 2 is 1.80 bits per heavy atom. The molecule has 0 heterocycles. The number of benzene rings is 1. The number of nitrogens with two attached hydrogens (primary N) is 1. The smallest absolute Gasteiger partial charge is 0.0406 e. The average Bonchev–Trinajstić information content (AvgIpc) is 2.48. The minimum Gasteiger partial charge on any atom is -0.330 e. The van der Waals surface area contributed by atoms with Crippen molar-refractivity contribution in [2.75, 3.05) is 20.1 Å². The Labute approximate surface area is 128 Å². The minimum absolute atomic E-state index is 0.327. The lowest BCUT2D eigenvalue weighted by atomic mass is 9.73. The molecule has 3 heteroatoms. The topological polar surface area (TPSA) is 29.3 Å². The van der Waals surface area contributed by atoms with Gasteiger partial charge in [-0.1, -0.05) is 43.0 Å². The molecule has 112 valence electrons. The van der Waals surface area contributed by atoms with Crippen LogP contribution in [0.1, 0.15) is 50.6 Å². The predicted molar refractivity (Wildman–Crippen MR) is 87.1 cm³/mol. The fourth-order valence-corrected chi connectivity index (χ4v) is 3.52. The summed E-state index contributed by atoms with van der Waals surface area (Å²) in [6, 6.07) is 8.60. The van der Waals surface area contributed by atoms with Gasteiger partial charge >= 0.3 is 0 Å². The van der Waals surface area contributed by atoms with E-state index < -0.39 is 0 Å². The van der Waals surface area contributed by atoms with Gasteiger partial charge in [-0.05, 0) is 56.5 Å². The molecule has 0 spiro atoms. The molecule has 1 unspecified atom stereocenters. The Hall–Kier alpha value is -0.570. The van der Waals surface area contributed by atoms with Gasteiger partial charge in [0.2, 0.25) is 0 Å². The monoisotopic (exact) mass is 294 g/mol. The molecule has 2 nitrogen and oxygen atoms in total. The van der Waals surface area contributed by atoms with Gasteiger partial charge < -0.3 is 5.73 Å². The summed E-state index contributed by atoms with van der Waals surface area (Å²) in [5.74, 6) is 0. The summed E-state index contributed by atoms with van der Waals surface area (Å²) in [7, 11) is 2.21. The van der Waals surface area contributed by atoms with Crippen LogP contribution in [0.2, 0.25) is 5.02 Å². The fourth-order valence-electron chi connectivity index (χ4n) is 3.39. The summed E-state index contributed by atoms with van der Waals surface area (Å²) in [5.41, 5.74) is 7.75. The highest BCUT2D eigenvalue weighted by Crippen LogP contribution is 2.37. The third-order valence-electron chi connectivity index (χ3n) is 4.95. The van der Waals surface area contributed by atoms with Gasteiger partial charge in [0.05, 0.1) is 0 Å². The van der Waals surface area contributed by atoms with E-state index in [2.05, 4.69) is 31.0 Å².